The third-order valence-corrected chi connectivity index (χ3v) is 4.09. The molecule has 0 heterocycles. The van der Waals surface area contributed by atoms with Crippen molar-refractivity contribution in [1.29, 1.82) is 0 Å². The van der Waals surface area contributed by atoms with Gasteiger partial charge in [-0.2, -0.15) is 0 Å². The average molecular weight is 285 g/mol. The Bertz CT molecular complexity index is 568. The Kier molecular flexibility index (Phi) is 5.24. The first-order valence-electron chi connectivity index (χ1n) is 6.75. The highest BCUT2D eigenvalue weighted by Gasteiger charge is 2.19. The van der Waals surface area contributed by atoms with Gasteiger partial charge in [-0.25, -0.2) is 0 Å². The van der Waals surface area contributed by atoms with Gasteiger partial charge in [-0.05, 0) is 30.4 Å². The summed E-state index contributed by atoms with van der Waals surface area (Å²) < 4.78 is 0. The van der Waals surface area contributed by atoms with Crippen LogP contribution in [0, 0.1) is 0 Å². The number of hydrogen-bond acceptors (Lipinski definition) is 2. The molecule has 0 radical (unpaired) electrons. The van der Waals surface area contributed by atoms with Gasteiger partial charge < -0.3 is 5.32 Å². The molecule has 1 atom stereocenters. The first kappa shape index (κ1) is 14.7. The van der Waals surface area contributed by atoms with Crippen molar-refractivity contribution in [2.24, 2.45) is 0 Å². The fourth-order valence-corrected chi connectivity index (χ4v) is 2.78. The molecular weight excluding hydrogens is 266 g/mol. The minimum Gasteiger partial charge on any atom is -0.325 e. The summed E-state index contributed by atoms with van der Waals surface area (Å²) >= 11 is 1.64. The van der Waals surface area contributed by atoms with Crippen LogP contribution in [0.3, 0.4) is 0 Å². The zero-order valence-corrected chi connectivity index (χ0v) is 12.6. The zero-order chi connectivity index (χ0) is 14.4. The summed E-state index contributed by atoms with van der Waals surface area (Å²) in [5.41, 5.74) is 1.95. The van der Waals surface area contributed by atoms with Crippen LogP contribution in [0.15, 0.2) is 59.5 Å². The number of hydrogen-bond donors (Lipinski definition) is 1. The lowest BCUT2D eigenvalue weighted by Crippen LogP contribution is -2.21. The molecule has 0 saturated carbocycles. The Labute approximate surface area is 124 Å². The molecule has 0 saturated heterocycles. The van der Waals surface area contributed by atoms with Crippen molar-refractivity contribution < 1.29 is 4.79 Å². The highest BCUT2D eigenvalue weighted by Crippen LogP contribution is 2.27. The summed E-state index contributed by atoms with van der Waals surface area (Å²) in [5.74, 6) is -0.0497. The SMILES string of the molecule is CC[C@H](C(=O)Nc1ccccc1SC)c1ccccc1. The second-order valence-electron chi connectivity index (χ2n) is 4.56. The van der Waals surface area contributed by atoms with Crippen molar-refractivity contribution >= 4 is 23.4 Å². The molecule has 104 valence electrons. The Morgan fingerprint density at radius 1 is 1.10 bits per heavy atom. The summed E-state index contributed by atoms with van der Waals surface area (Å²) in [6.45, 7) is 2.04. The van der Waals surface area contributed by atoms with E-state index >= 15 is 0 Å². The largest absolute Gasteiger partial charge is 0.325 e. The number of anilines is 1. The van der Waals surface area contributed by atoms with Crippen molar-refractivity contribution in [3.05, 3.63) is 60.2 Å². The number of benzene rings is 2. The fraction of sp³-hybridized carbons (Fsp3) is 0.235. The molecule has 0 aliphatic rings. The minimum atomic E-state index is -0.105. The number of amides is 1. The van der Waals surface area contributed by atoms with Gasteiger partial charge >= 0.3 is 0 Å². The second kappa shape index (κ2) is 7.15. The van der Waals surface area contributed by atoms with Gasteiger partial charge in [-0.1, -0.05) is 49.4 Å². The van der Waals surface area contributed by atoms with Crippen LogP contribution in [0.1, 0.15) is 24.8 Å². The first-order chi connectivity index (χ1) is 9.76. The van der Waals surface area contributed by atoms with E-state index in [1.165, 1.54) is 0 Å². The molecular formula is C17H19NOS. The van der Waals surface area contributed by atoms with Crippen molar-refractivity contribution in [3.8, 4) is 0 Å². The molecule has 20 heavy (non-hydrogen) atoms. The van der Waals surface area contributed by atoms with Crippen LogP contribution < -0.4 is 5.32 Å². The minimum absolute atomic E-state index is 0.0557. The van der Waals surface area contributed by atoms with E-state index in [0.29, 0.717) is 0 Å². The van der Waals surface area contributed by atoms with E-state index in [1.807, 2.05) is 67.8 Å². The first-order valence-corrected chi connectivity index (χ1v) is 7.97. The number of carbonyl (C=O) groups excluding carboxylic acids is 1. The van der Waals surface area contributed by atoms with Crippen LogP contribution in [0.4, 0.5) is 5.69 Å². The van der Waals surface area contributed by atoms with Gasteiger partial charge in [0.15, 0.2) is 0 Å². The Morgan fingerprint density at radius 2 is 1.75 bits per heavy atom. The topological polar surface area (TPSA) is 29.1 Å². The van der Waals surface area contributed by atoms with Crippen LogP contribution >= 0.6 is 11.8 Å². The van der Waals surface area contributed by atoms with Gasteiger partial charge in [0, 0.05) is 4.90 Å². The summed E-state index contributed by atoms with van der Waals surface area (Å²) in [6.07, 6.45) is 2.80. The van der Waals surface area contributed by atoms with Gasteiger partial charge in [-0.3, -0.25) is 4.79 Å². The Hall–Kier alpha value is -1.74. The number of rotatable bonds is 5. The van der Waals surface area contributed by atoms with Gasteiger partial charge in [-0.15, -0.1) is 11.8 Å². The number of thioether (sulfide) groups is 1. The molecule has 3 heteroatoms. The van der Waals surface area contributed by atoms with Crippen molar-refractivity contribution in [2.75, 3.05) is 11.6 Å². The molecule has 1 N–H and O–H groups in total. The predicted octanol–water partition coefficient (Wildman–Crippen LogP) is 4.54. The smallest absolute Gasteiger partial charge is 0.231 e. The molecule has 0 aromatic heterocycles. The van der Waals surface area contributed by atoms with Crippen LogP contribution in [0.2, 0.25) is 0 Å². The summed E-state index contributed by atoms with van der Waals surface area (Å²) in [7, 11) is 0. The molecule has 0 unspecified atom stereocenters. The summed E-state index contributed by atoms with van der Waals surface area (Å²) in [4.78, 5) is 13.6. The molecule has 2 aromatic rings. The highest BCUT2D eigenvalue weighted by molar-refractivity contribution is 7.98. The third kappa shape index (κ3) is 3.42. The number of para-hydroxylation sites is 1. The highest BCUT2D eigenvalue weighted by atomic mass is 32.2. The predicted molar refractivity (Wildman–Crippen MR) is 86.3 cm³/mol. The lowest BCUT2D eigenvalue weighted by molar-refractivity contribution is -0.117. The maximum absolute atomic E-state index is 12.5. The van der Waals surface area contributed by atoms with Crippen LogP contribution in [0.25, 0.3) is 0 Å². The summed E-state index contributed by atoms with van der Waals surface area (Å²) in [6, 6.07) is 17.8. The van der Waals surface area contributed by atoms with E-state index in [9.17, 15) is 4.79 Å². The van der Waals surface area contributed by atoms with E-state index < -0.39 is 0 Å². The van der Waals surface area contributed by atoms with Crippen LogP contribution in [-0.4, -0.2) is 12.2 Å². The van der Waals surface area contributed by atoms with E-state index in [2.05, 4.69) is 5.32 Å². The molecule has 0 spiro atoms. The third-order valence-electron chi connectivity index (χ3n) is 3.29. The second-order valence-corrected chi connectivity index (χ2v) is 5.41. The molecule has 0 aliphatic heterocycles. The molecule has 2 aromatic carbocycles. The lowest BCUT2D eigenvalue weighted by atomic mass is 9.95. The Balaban J connectivity index is 2.18. The van der Waals surface area contributed by atoms with Crippen LogP contribution in [-0.2, 0) is 4.79 Å². The average Bonchev–Trinajstić information content (AvgIpc) is 2.49. The molecule has 0 fully saturated rings. The maximum Gasteiger partial charge on any atom is 0.231 e. The monoisotopic (exact) mass is 285 g/mol. The lowest BCUT2D eigenvalue weighted by Gasteiger charge is -2.16. The normalized spacial score (nSPS) is 11.9. The van der Waals surface area contributed by atoms with Crippen LogP contribution in [0.5, 0.6) is 0 Å². The standard InChI is InChI=1S/C17H19NOS/c1-3-14(13-9-5-4-6-10-13)17(19)18-15-11-7-8-12-16(15)20-2/h4-12,14H,3H2,1-2H3,(H,18,19)/t14-/m0/s1. The number of carbonyl (C=O) groups is 1. The molecule has 2 nitrogen and oxygen atoms in total. The van der Waals surface area contributed by atoms with E-state index in [0.717, 1.165) is 22.6 Å². The van der Waals surface area contributed by atoms with E-state index in [-0.39, 0.29) is 11.8 Å². The summed E-state index contributed by atoms with van der Waals surface area (Å²) in [5, 5.41) is 3.05. The van der Waals surface area contributed by atoms with Crippen molar-refractivity contribution in [3.63, 3.8) is 0 Å². The molecule has 2 rings (SSSR count). The zero-order valence-electron chi connectivity index (χ0n) is 11.8. The van der Waals surface area contributed by atoms with E-state index in [1.54, 1.807) is 11.8 Å². The van der Waals surface area contributed by atoms with Crippen molar-refractivity contribution in [1.82, 2.24) is 0 Å². The molecule has 0 aliphatic carbocycles. The Morgan fingerprint density at radius 3 is 2.40 bits per heavy atom. The van der Waals surface area contributed by atoms with Gasteiger partial charge in [0.25, 0.3) is 0 Å². The molecule has 1 amide bonds. The molecule has 0 bridgehead atoms. The maximum atomic E-state index is 12.5. The van der Waals surface area contributed by atoms with E-state index in [4.69, 9.17) is 0 Å². The fourth-order valence-electron chi connectivity index (χ4n) is 2.23. The van der Waals surface area contributed by atoms with Gasteiger partial charge in [0.05, 0.1) is 11.6 Å². The van der Waals surface area contributed by atoms with Gasteiger partial charge in [0.1, 0.15) is 0 Å². The number of nitrogens with one attached hydrogen (secondary N) is 1. The van der Waals surface area contributed by atoms with Gasteiger partial charge in [0.2, 0.25) is 5.91 Å². The van der Waals surface area contributed by atoms with Crippen molar-refractivity contribution in [2.45, 2.75) is 24.2 Å². The quantitative estimate of drug-likeness (QED) is 0.817.